The third-order valence-corrected chi connectivity index (χ3v) is 3.48. The zero-order valence-corrected chi connectivity index (χ0v) is 11.3. The molecule has 22 heavy (non-hydrogen) atoms. The summed E-state index contributed by atoms with van der Waals surface area (Å²) in [5.41, 5.74) is -0.110. The largest absolute Gasteiger partial charge is 0.514 e. The Labute approximate surface area is 124 Å². The summed E-state index contributed by atoms with van der Waals surface area (Å²) in [7, 11) is 0. The molecule has 2 saturated heterocycles. The number of aliphatic hydroxyl groups excluding tert-OH is 1. The molecule has 1 aromatic carbocycles. The normalized spacial score (nSPS) is 29.9. The lowest BCUT2D eigenvalue weighted by atomic mass is 10.1. The second kappa shape index (κ2) is 5.87. The van der Waals surface area contributed by atoms with Gasteiger partial charge in [-0.05, 0) is 12.1 Å². The lowest BCUT2D eigenvalue weighted by molar-refractivity contribution is -0.384. The molecule has 2 aliphatic rings. The van der Waals surface area contributed by atoms with E-state index < -0.39 is 35.5 Å². The van der Waals surface area contributed by atoms with E-state index in [0.29, 0.717) is 0 Å². The van der Waals surface area contributed by atoms with E-state index in [1.54, 1.807) is 0 Å². The van der Waals surface area contributed by atoms with Crippen molar-refractivity contribution in [3.8, 4) is 5.75 Å². The van der Waals surface area contributed by atoms with Crippen LogP contribution in [0.4, 0.5) is 10.5 Å². The molecule has 0 radical (unpaired) electrons. The van der Waals surface area contributed by atoms with E-state index in [1.165, 1.54) is 24.3 Å². The third-order valence-electron chi connectivity index (χ3n) is 3.48. The van der Waals surface area contributed by atoms with Crippen LogP contribution in [0.1, 0.15) is 0 Å². The van der Waals surface area contributed by atoms with Crippen molar-refractivity contribution in [1.29, 1.82) is 0 Å². The van der Waals surface area contributed by atoms with Gasteiger partial charge in [-0.3, -0.25) is 10.1 Å². The van der Waals surface area contributed by atoms with Crippen LogP contribution in [-0.2, 0) is 14.2 Å². The molecule has 4 atom stereocenters. The van der Waals surface area contributed by atoms with Crippen LogP contribution >= 0.6 is 0 Å². The van der Waals surface area contributed by atoms with Crippen LogP contribution in [0.15, 0.2) is 24.3 Å². The first-order valence-electron chi connectivity index (χ1n) is 6.59. The number of benzene rings is 1. The number of fused-ring (bicyclic) bond motifs is 1. The molecule has 3 rings (SSSR count). The predicted octanol–water partition coefficient (Wildman–Crippen LogP) is 0.637. The second-order valence-corrected chi connectivity index (χ2v) is 4.92. The summed E-state index contributed by atoms with van der Waals surface area (Å²) in [5.74, 6) is 0.124. The highest BCUT2D eigenvalue weighted by Crippen LogP contribution is 2.29. The first kappa shape index (κ1) is 14.7. The minimum absolute atomic E-state index is 0.110. The predicted molar refractivity (Wildman–Crippen MR) is 69.5 cm³/mol. The molecule has 0 bridgehead atoms. The van der Waals surface area contributed by atoms with Crippen molar-refractivity contribution in [1.82, 2.24) is 0 Å². The molecular formula is C13H13NO8. The molecule has 9 nitrogen and oxygen atoms in total. The monoisotopic (exact) mass is 311 g/mol. The molecule has 0 aliphatic carbocycles. The van der Waals surface area contributed by atoms with Crippen LogP contribution in [-0.4, -0.2) is 53.8 Å². The molecule has 9 heteroatoms. The number of non-ortho nitro benzene ring substituents is 1. The van der Waals surface area contributed by atoms with E-state index in [-0.39, 0.29) is 24.7 Å². The molecule has 1 aromatic rings. The number of carbonyl (C=O) groups is 1. The first-order chi connectivity index (χ1) is 10.5. The quantitative estimate of drug-likeness (QED) is 0.374. The zero-order valence-electron chi connectivity index (χ0n) is 11.3. The number of rotatable bonds is 3. The first-order valence-corrected chi connectivity index (χ1v) is 6.59. The van der Waals surface area contributed by atoms with E-state index in [2.05, 4.69) is 0 Å². The summed E-state index contributed by atoms with van der Waals surface area (Å²) in [4.78, 5) is 21.7. The van der Waals surface area contributed by atoms with E-state index in [9.17, 15) is 20.0 Å². The van der Waals surface area contributed by atoms with Crippen LogP contribution in [0.5, 0.6) is 5.75 Å². The number of nitrogens with zero attached hydrogens (tertiary/aromatic N) is 1. The molecule has 2 unspecified atom stereocenters. The number of aliphatic hydroxyl groups is 1. The fraction of sp³-hybridized carbons (Fsp3) is 0.462. The van der Waals surface area contributed by atoms with Gasteiger partial charge in [0.25, 0.3) is 5.69 Å². The van der Waals surface area contributed by atoms with Crippen LogP contribution in [0.2, 0.25) is 0 Å². The van der Waals surface area contributed by atoms with Crippen LogP contribution in [0.25, 0.3) is 0 Å². The standard InChI is InChI=1S/C13H13NO8/c15-9-5-19-12-10(6-20-11(9)12)22-13(16)21-8-3-1-7(2-4-8)14(17)18/h1-4,9-12,15H,5-6H2/t9-,10-,11?,12?/m1/s1. The number of hydrogen-bond acceptors (Lipinski definition) is 8. The Bertz CT molecular complexity index is 574. The average Bonchev–Trinajstić information content (AvgIpc) is 3.04. The van der Waals surface area contributed by atoms with Gasteiger partial charge in [-0.1, -0.05) is 0 Å². The third kappa shape index (κ3) is 2.86. The SMILES string of the molecule is O=C(Oc1ccc([N+](=O)[O-])cc1)O[C@@H]1COC2C1OC[C@H]2O. The van der Waals surface area contributed by atoms with Gasteiger partial charge in [0.05, 0.1) is 18.1 Å². The number of hydrogen-bond donors (Lipinski definition) is 1. The van der Waals surface area contributed by atoms with Gasteiger partial charge in [-0.15, -0.1) is 0 Å². The summed E-state index contributed by atoms with van der Waals surface area (Å²) in [6, 6.07) is 5.02. The Morgan fingerprint density at radius 1 is 1.23 bits per heavy atom. The maximum atomic E-state index is 11.7. The molecule has 2 aliphatic heterocycles. The van der Waals surface area contributed by atoms with Crippen molar-refractivity contribution in [3.05, 3.63) is 34.4 Å². The molecule has 2 heterocycles. The van der Waals surface area contributed by atoms with E-state index in [4.69, 9.17) is 18.9 Å². The highest BCUT2D eigenvalue weighted by molar-refractivity contribution is 5.64. The fourth-order valence-electron chi connectivity index (χ4n) is 2.42. The fourth-order valence-corrected chi connectivity index (χ4v) is 2.42. The minimum atomic E-state index is -0.965. The number of ether oxygens (including phenoxy) is 4. The van der Waals surface area contributed by atoms with Crippen LogP contribution in [0.3, 0.4) is 0 Å². The Morgan fingerprint density at radius 3 is 2.59 bits per heavy atom. The molecule has 118 valence electrons. The summed E-state index contributed by atoms with van der Waals surface area (Å²) < 4.78 is 20.7. The summed E-state index contributed by atoms with van der Waals surface area (Å²) >= 11 is 0. The van der Waals surface area contributed by atoms with Gasteiger partial charge in [0.1, 0.15) is 24.1 Å². The van der Waals surface area contributed by atoms with Gasteiger partial charge in [0.15, 0.2) is 6.10 Å². The highest BCUT2D eigenvalue weighted by atomic mass is 16.7. The Kier molecular flexibility index (Phi) is 3.92. The van der Waals surface area contributed by atoms with Crippen molar-refractivity contribution in [2.24, 2.45) is 0 Å². The molecule has 0 amide bonds. The summed E-state index contributed by atoms with van der Waals surface area (Å²) in [6.45, 7) is 0.244. The number of nitro groups is 1. The van der Waals surface area contributed by atoms with Gasteiger partial charge >= 0.3 is 6.16 Å². The highest BCUT2D eigenvalue weighted by Gasteiger charge is 2.49. The maximum absolute atomic E-state index is 11.7. The Balaban J connectivity index is 1.55. The molecule has 0 spiro atoms. The Hall–Kier alpha value is -2.23. The van der Waals surface area contributed by atoms with Gasteiger partial charge < -0.3 is 24.1 Å². The minimum Gasteiger partial charge on any atom is -0.425 e. The molecular weight excluding hydrogens is 298 g/mol. The molecule has 1 N–H and O–H groups in total. The van der Waals surface area contributed by atoms with Gasteiger partial charge in [-0.25, -0.2) is 4.79 Å². The number of nitro benzene ring substituents is 1. The van der Waals surface area contributed by atoms with Gasteiger partial charge in [0, 0.05) is 12.1 Å². The van der Waals surface area contributed by atoms with Crippen molar-refractivity contribution >= 4 is 11.8 Å². The topological polar surface area (TPSA) is 117 Å². The van der Waals surface area contributed by atoms with Gasteiger partial charge in [-0.2, -0.15) is 0 Å². The Morgan fingerprint density at radius 2 is 1.91 bits per heavy atom. The van der Waals surface area contributed by atoms with E-state index in [0.717, 1.165) is 0 Å². The maximum Gasteiger partial charge on any atom is 0.514 e. The van der Waals surface area contributed by atoms with Crippen LogP contribution < -0.4 is 4.74 Å². The smallest absolute Gasteiger partial charge is 0.425 e. The zero-order chi connectivity index (χ0) is 15.7. The van der Waals surface area contributed by atoms with E-state index in [1.807, 2.05) is 0 Å². The van der Waals surface area contributed by atoms with Crippen LogP contribution in [0, 0.1) is 10.1 Å². The van der Waals surface area contributed by atoms with Crippen molar-refractivity contribution < 1.29 is 33.8 Å². The summed E-state index contributed by atoms with van der Waals surface area (Å²) in [6.07, 6.45) is -3.37. The molecule has 0 saturated carbocycles. The van der Waals surface area contributed by atoms with Crippen molar-refractivity contribution in [2.75, 3.05) is 13.2 Å². The van der Waals surface area contributed by atoms with Crippen molar-refractivity contribution in [3.63, 3.8) is 0 Å². The molecule has 0 aromatic heterocycles. The second-order valence-electron chi connectivity index (χ2n) is 4.92. The van der Waals surface area contributed by atoms with E-state index >= 15 is 0 Å². The average molecular weight is 311 g/mol. The van der Waals surface area contributed by atoms with Crippen molar-refractivity contribution in [2.45, 2.75) is 24.4 Å². The number of carbonyl (C=O) groups excluding carboxylic acids is 1. The lowest BCUT2D eigenvalue weighted by Gasteiger charge is -2.16. The summed E-state index contributed by atoms with van der Waals surface area (Å²) in [5, 5.41) is 20.1. The van der Waals surface area contributed by atoms with Gasteiger partial charge in [0.2, 0.25) is 0 Å². The lowest BCUT2D eigenvalue weighted by Crippen LogP contribution is -2.34. The molecule has 2 fully saturated rings.